The lowest BCUT2D eigenvalue weighted by Crippen LogP contribution is -2.17. The predicted octanol–water partition coefficient (Wildman–Crippen LogP) is 4.40. The number of imidazole rings is 1. The molecule has 4 aromatic rings. The molecule has 1 aromatic carbocycles. The number of amides is 1. The van der Waals surface area contributed by atoms with E-state index in [-0.39, 0.29) is 40.0 Å². The summed E-state index contributed by atoms with van der Waals surface area (Å²) in [7, 11) is 2.89. The van der Waals surface area contributed by atoms with Gasteiger partial charge in [0.05, 0.1) is 29.5 Å². The number of hydrogen-bond acceptors (Lipinski definition) is 4. The predicted molar refractivity (Wildman–Crippen MR) is 111 cm³/mol. The maximum atomic E-state index is 15.2. The number of benzene rings is 1. The minimum absolute atomic E-state index is 0.0757. The third-order valence-corrected chi connectivity index (χ3v) is 5.59. The molecule has 2 atom stereocenters. The monoisotopic (exact) mass is 464 g/mol. The van der Waals surface area contributed by atoms with Crippen LogP contribution in [-0.2, 0) is 11.0 Å². The summed E-state index contributed by atoms with van der Waals surface area (Å²) in [6, 6.07) is 2.84. The standard InChI is InChI=1S/C21H17F5N6O/c1-31(2)19-17(23)16(21(24,25)26)15(11-6-27-30-18(11)19)9-3-4-14-28-13(8-32(14)7-9)29-20(33)10-5-12(10)22/h3-4,6-8,10,12H,5H2,1-2H3,(H,27,30)(H,29,33). The number of carbonyl (C=O) groups excluding carboxylic acids is 1. The van der Waals surface area contributed by atoms with Crippen molar-refractivity contribution in [2.24, 2.45) is 5.92 Å². The third kappa shape index (κ3) is 3.45. The summed E-state index contributed by atoms with van der Waals surface area (Å²) in [6.07, 6.45) is -2.02. The summed E-state index contributed by atoms with van der Waals surface area (Å²) in [5, 5.41) is 9.03. The van der Waals surface area contributed by atoms with Crippen LogP contribution in [0.1, 0.15) is 12.0 Å². The maximum absolute atomic E-state index is 15.2. The number of nitrogens with zero attached hydrogens (tertiary/aromatic N) is 4. The average molecular weight is 464 g/mol. The SMILES string of the molecule is CN(C)c1c(F)c(C(F)(F)F)c(-c2ccc3nc(NC(=O)C4CC4F)cn3c2)c2cn[nH]c12. The molecule has 172 valence electrons. The Morgan fingerprint density at radius 3 is 2.64 bits per heavy atom. The lowest BCUT2D eigenvalue weighted by molar-refractivity contribution is -0.139. The quantitative estimate of drug-likeness (QED) is 0.439. The number of fused-ring (bicyclic) bond motifs is 2. The molecule has 0 spiro atoms. The highest BCUT2D eigenvalue weighted by Crippen LogP contribution is 2.46. The van der Waals surface area contributed by atoms with Crippen LogP contribution in [0.3, 0.4) is 0 Å². The Labute approximate surface area is 183 Å². The highest BCUT2D eigenvalue weighted by atomic mass is 19.4. The molecule has 1 saturated carbocycles. The van der Waals surface area contributed by atoms with Crippen LogP contribution in [0.5, 0.6) is 0 Å². The number of alkyl halides is 4. The number of hydrogen-bond donors (Lipinski definition) is 2. The van der Waals surface area contributed by atoms with Gasteiger partial charge in [-0.15, -0.1) is 0 Å². The van der Waals surface area contributed by atoms with E-state index in [1.165, 1.54) is 54.1 Å². The summed E-state index contributed by atoms with van der Waals surface area (Å²) >= 11 is 0. The zero-order chi connectivity index (χ0) is 23.7. The van der Waals surface area contributed by atoms with Gasteiger partial charge in [0.15, 0.2) is 11.6 Å². The van der Waals surface area contributed by atoms with Crippen LogP contribution in [0.2, 0.25) is 0 Å². The summed E-state index contributed by atoms with van der Waals surface area (Å²) in [4.78, 5) is 17.4. The Hall–Kier alpha value is -3.70. The van der Waals surface area contributed by atoms with Crippen molar-refractivity contribution in [2.45, 2.75) is 18.8 Å². The van der Waals surface area contributed by atoms with E-state index in [2.05, 4.69) is 20.5 Å². The zero-order valence-corrected chi connectivity index (χ0v) is 17.3. The van der Waals surface area contributed by atoms with E-state index in [0.717, 1.165) is 0 Å². The highest BCUT2D eigenvalue weighted by Gasteiger charge is 2.44. The van der Waals surface area contributed by atoms with Gasteiger partial charge in [-0.3, -0.25) is 9.89 Å². The number of nitrogens with one attached hydrogen (secondary N) is 2. The maximum Gasteiger partial charge on any atom is 0.419 e. The molecule has 7 nitrogen and oxygen atoms in total. The lowest BCUT2D eigenvalue weighted by atomic mass is 9.95. The second kappa shape index (κ2) is 7.15. The van der Waals surface area contributed by atoms with Crippen LogP contribution in [0, 0.1) is 11.7 Å². The molecule has 1 amide bonds. The Kier molecular flexibility index (Phi) is 4.59. The molecule has 3 heterocycles. The van der Waals surface area contributed by atoms with Gasteiger partial charge in [0.25, 0.3) is 0 Å². The normalized spacial score (nSPS) is 18.2. The van der Waals surface area contributed by atoms with Gasteiger partial charge in [-0.25, -0.2) is 13.8 Å². The second-order valence-electron chi connectivity index (χ2n) is 8.12. The van der Waals surface area contributed by atoms with Crippen LogP contribution in [0.15, 0.2) is 30.7 Å². The second-order valence-corrected chi connectivity index (χ2v) is 8.12. The molecule has 1 fully saturated rings. The van der Waals surface area contributed by atoms with Crippen molar-refractivity contribution in [3.8, 4) is 11.1 Å². The van der Waals surface area contributed by atoms with Crippen molar-refractivity contribution in [3.05, 3.63) is 42.1 Å². The van der Waals surface area contributed by atoms with E-state index < -0.39 is 35.6 Å². The number of pyridine rings is 1. The van der Waals surface area contributed by atoms with Crippen molar-refractivity contribution in [1.29, 1.82) is 0 Å². The first-order valence-corrected chi connectivity index (χ1v) is 9.93. The number of rotatable bonds is 4. The molecule has 5 rings (SSSR count). The minimum Gasteiger partial charge on any atom is -0.374 e. The Bertz CT molecular complexity index is 1410. The summed E-state index contributed by atoms with van der Waals surface area (Å²) in [5.41, 5.74) is -1.48. The highest BCUT2D eigenvalue weighted by molar-refractivity contribution is 6.03. The van der Waals surface area contributed by atoms with Gasteiger partial charge in [0.2, 0.25) is 5.91 Å². The van der Waals surface area contributed by atoms with Gasteiger partial charge in [-0.05, 0) is 24.1 Å². The third-order valence-electron chi connectivity index (χ3n) is 5.59. The Balaban J connectivity index is 1.67. The number of carbonyl (C=O) groups is 1. The summed E-state index contributed by atoms with van der Waals surface area (Å²) < 4.78 is 71.9. The number of aromatic nitrogens is 4. The van der Waals surface area contributed by atoms with Crippen molar-refractivity contribution >= 4 is 34.0 Å². The topological polar surface area (TPSA) is 78.3 Å². The van der Waals surface area contributed by atoms with Gasteiger partial charge in [-0.2, -0.15) is 18.3 Å². The van der Waals surface area contributed by atoms with Crippen molar-refractivity contribution < 1.29 is 26.7 Å². The molecule has 1 aliphatic carbocycles. The van der Waals surface area contributed by atoms with E-state index >= 15 is 4.39 Å². The fourth-order valence-electron chi connectivity index (χ4n) is 3.97. The minimum atomic E-state index is -4.98. The largest absolute Gasteiger partial charge is 0.419 e. The molecular weight excluding hydrogens is 447 g/mol. The van der Waals surface area contributed by atoms with Crippen LogP contribution < -0.4 is 10.2 Å². The molecule has 0 bridgehead atoms. The number of anilines is 2. The van der Waals surface area contributed by atoms with E-state index in [9.17, 15) is 22.4 Å². The number of halogens is 5. The number of H-pyrrole nitrogens is 1. The van der Waals surface area contributed by atoms with Crippen LogP contribution >= 0.6 is 0 Å². The van der Waals surface area contributed by atoms with E-state index in [4.69, 9.17) is 0 Å². The molecule has 2 unspecified atom stereocenters. The van der Waals surface area contributed by atoms with E-state index in [1.54, 1.807) is 0 Å². The van der Waals surface area contributed by atoms with Crippen molar-refractivity contribution in [3.63, 3.8) is 0 Å². The summed E-state index contributed by atoms with van der Waals surface area (Å²) in [5.74, 6) is -2.50. The summed E-state index contributed by atoms with van der Waals surface area (Å²) in [6.45, 7) is 0. The van der Waals surface area contributed by atoms with Crippen LogP contribution in [0.25, 0.3) is 27.7 Å². The fraction of sp³-hybridized carbons (Fsp3) is 0.286. The number of aromatic amines is 1. The zero-order valence-electron chi connectivity index (χ0n) is 17.3. The Morgan fingerprint density at radius 1 is 1.27 bits per heavy atom. The molecular formula is C21H17F5N6O. The molecule has 0 radical (unpaired) electrons. The Morgan fingerprint density at radius 2 is 2.00 bits per heavy atom. The molecule has 0 saturated heterocycles. The van der Waals surface area contributed by atoms with Gasteiger partial charge < -0.3 is 14.6 Å². The first-order chi connectivity index (χ1) is 15.6. The van der Waals surface area contributed by atoms with Crippen LogP contribution in [0.4, 0.5) is 33.5 Å². The van der Waals surface area contributed by atoms with Gasteiger partial charge in [0, 0.05) is 31.2 Å². The van der Waals surface area contributed by atoms with Crippen LogP contribution in [-0.4, -0.2) is 45.8 Å². The molecule has 3 aromatic heterocycles. The van der Waals surface area contributed by atoms with E-state index in [0.29, 0.717) is 5.65 Å². The van der Waals surface area contributed by atoms with Gasteiger partial charge >= 0.3 is 6.18 Å². The van der Waals surface area contributed by atoms with Gasteiger partial charge in [-0.1, -0.05) is 0 Å². The lowest BCUT2D eigenvalue weighted by Gasteiger charge is -2.21. The molecule has 1 aliphatic rings. The average Bonchev–Trinajstić information content (AvgIpc) is 3.10. The fourth-order valence-corrected chi connectivity index (χ4v) is 3.97. The molecule has 12 heteroatoms. The van der Waals surface area contributed by atoms with E-state index in [1.807, 2.05) is 0 Å². The van der Waals surface area contributed by atoms with Gasteiger partial charge in [0.1, 0.15) is 17.4 Å². The van der Waals surface area contributed by atoms with Crippen molar-refractivity contribution in [1.82, 2.24) is 19.6 Å². The molecule has 33 heavy (non-hydrogen) atoms. The first kappa shape index (κ1) is 21.2. The molecule has 2 N–H and O–H groups in total. The first-order valence-electron chi connectivity index (χ1n) is 9.93. The smallest absolute Gasteiger partial charge is 0.374 e. The molecule has 0 aliphatic heterocycles. The van der Waals surface area contributed by atoms with Crippen molar-refractivity contribution in [2.75, 3.05) is 24.3 Å².